The Labute approximate surface area is 128 Å². The molecule has 0 fully saturated rings. The standard InChI is InChI=1S/C13H10.C4H4S.BrH/c1-3-7-12-10(5-1)9-11-6-2-4-8-13(11)12;1-2-4-5-3-1;/h1-8H,9H2;1-4H;1H. The summed E-state index contributed by atoms with van der Waals surface area (Å²) in [6, 6.07) is 21.3. The highest BCUT2D eigenvalue weighted by atomic mass is 79.9. The van der Waals surface area contributed by atoms with E-state index in [1.165, 1.54) is 22.3 Å². The molecular formula is C17H15BrS. The fourth-order valence-corrected chi connectivity index (χ4v) is 2.76. The van der Waals surface area contributed by atoms with Crippen LogP contribution in [0.25, 0.3) is 11.1 Å². The van der Waals surface area contributed by atoms with E-state index in [1.54, 1.807) is 11.3 Å². The number of rotatable bonds is 0. The largest absolute Gasteiger partial charge is 0.152 e. The van der Waals surface area contributed by atoms with Crippen LogP contribution in [0, 0.1) is 0 Å². The number of fused-ring (bicyclic) bond motifs is 3. The molecule has 2 heteroatoms. The van der Waals surface area contributed by atoms with Crippen LogP contribution >= 0.6 is 28.3 Å². The van der Waals surface area contributed by atoms with Crippen molar-refractivity contribution in [1.82, 2.24) is 0 Å². The highest BCUT2D eigenvalue weighted by Gasteiger charge is 2.15. The van der Waals surface area contributed by atoms with E-state index in [1.807, 2.05) is 22.9 Å². The van der Waals surface area contributed by atoms with E-state index in [0.29, 0.717) is 0 Å². The first-order valence-electron chi connectivity index (χ1n) is 6.08. The van der Waals surface area contributed by atoms with Gasteiger partial charge < -0.3 is 0 Å². The van der Waals surface area contributed by atoms with Crippen molar-refractivity contribution < 1.29 is 0 Å². The summed E-state index contributed by atoms with van der Waals surface area (Å²) < 4.78 is 0. The Balaban J connectivity index is 0.000000190. The molecule has 0 aliphatic heterocycles. The topological polar surface area (TPSA) is 0 Å². The van der Waals surface area contributed by atoms with Gasteiger partial charge in [0.1, 0.15) is 0 Å². The Morgan fingerprint density at radius 3 is 1.53 bits per heavy atom. The maximum absolute atomic E-state index is 2.22. The third kappa shape index (κ3) is 3.14. The number of benzene rings is 2. The van der Waals surface area contributed by atoms with Crippen LogP contribution in [0.2, 0.25) is 0 Å². The lowest BCUT2D eigenvalue weighted by molar-refractivity contribution is 1.26. The second-order valence-electron chi connectivity index (χ2n) is 4.28. The monoisotopic (exact) mass is 330 g/mol. The fraction of sp³-hybridized carbons (Fsp3) is 0.0588. The van der Waals surface area contributed by atoms with Crippen LogP contribution in [0.5, 0.6) is 0 Å². The van der Waals surface area contributed by atoms with E-state index in [0.717, 1.165) is 6.42 Å². The second-order valence-corrected chi connectivity index (χ2v) is 5.10. The zero-order valence-corrected chi connectivity index (χ0v) is 13.0. The van der Waals surface area contributed by atoms with Gasteiger partial charge in [0.15, 0.2) is 0 Å². The van der Waals surface area contributed by atoms with E-state index >= 15 is 0 Å². The van der Waals surface area contributed by atoms with Gasteiger partial charge in [0.25, 0.3) is 0 Å². The van der Waals surface area contributed by atoms with Crippen molar-refractivity contribution in [1.29, 1.82) is 0 Å². The summed E-state index contributed by atoms with van der Waals surface area (Å²) in [6.07, 6.45) is 1.10. The molecule has 96 valence electrons. The van der Waals surface area contributed by atoms with Gasteiger partial charge in [-0.3, -0.25) is 0 Å². The predicted octanol–water partition coefficient (Wildman–Crippen LogP) is 5.58. The molecule has 1 aromatic heterocycles. The van der Waals surface area contributed by atoms with Crippen LogP contribution < -0.4 is 0 Å². The van der Waals surface area contributed by atoms with E-state index in [2.05, 4.69) is 48.5 Å². The number of hydrogen-bond acceptors (Lipinski definition) is 1. The van der Waals surface area contributed by atoms with E-state index in [-0.39, 0.29) is 17.0 Å². The average Bonchev–Trinajstić information content (AvgIpc) is 3.10. The Morgan fingerprint density at radius 1 is 0.632 bits per heavy atom. The quantitative estimate of drug-likeness (QED) is 0.394. The van der Waals surface area contributed by atoms with Crippen LogP contribution in [0.15, 0.2) is 71.4 Å². The van der Waals surface area contributed by atoms with Crippen molar-refractivity contribution in [3.8, 4) is 11.1 Å². The summed E-state index contributed by atoms with van der Waals surface area (Å²) in [7, 11) is 0. The zero-order chi connectivity index (χ0) is 12.2. The Kier molecular flexibility index (Phi) is 4.94. The van der Waals surface area contributed by atoms with Crippen molar-refractivity contribution in [3.63, 3.8) is 0 Å². The summed E-state index contributed by atoms with van der Waals surface area (Å²) >= 11 is 1.71. The normalized spacial score (nSPS) is 10.5. The molecule has 3 aromatic rings. The van der Waals surface area contributed by atoms with Gasteiger partial charge in [0, 0.05) is 0 Å². The van der Waals surface area contributed by atoms with Gasteiger partial charge in [-0.2, -0.15) is 11.3 Å². The van der Waals surface area contributed by atoms with Crippen molar-refractivity contribution in [2.24, 2.45) is 0 Å². The maximum Gasteiger partial charge on any atom is -0.00135 e. The summed E-state index contributed by atoms with van der Waals surface area (Å²) in [5.74, 6) is 0. The van der Waals surface area contributed by atoms with Crippen molar-refractivity contribution in [3.05, 3.63) is 82.6 Å². The van der Waals surface area contributed by atoms with Crippen LogP contribution in [0.1, 0.15) is 11.1 Å². The van der Waals surface area contributed by atoms with Gasteiger partial charge in [0.05, 0.1) is 0 Å². The number of hydrogen-bond donors (Lipinski definition) is 0. The summed E-state index contributed by atoms with van der Waals surface area (Å²) in [5, 5.41) is 4.08. The minimum atomic E-state index is 0. The molecule has 1 heterocycles. The summed E-state index contributed by atoms with van der Waals surface area (Å²) in [5.41, 5.74) is 5.75. The molecular weight excluding hydrogens is 316 g/mol. The lowest BCUT2D eigenvalue weighted by Gasteiger charge is -1.98. The SMILES string of the molecule is Br.c1ccc2c(c1)Cc1ccccc1-2.c1ccsc1. The van der Waals surface area contributed by atoms with Gasteiger partial charge in [-0.1, -0.05) is 60.7 Å². The highest BCUT2D eigenvalue weighted by molar-refractivity contribution is 8.93. The van der Waals surface area contributed by atoms with Gasteiger partial charge in [-0.15, -0.1) is 17.0 Å². The molecule has 0 saturated heterocycles. The molecule has 1 aliphatic carbocycles. The third-order valence-corrected chi connectivity index (χ3v) is 3.76. The third-order valence-electron chi connectivity index (χ3n) is 3.13. The Hall–Kier alpha value is -1.38. The summed E-state index contributed by atoms with van der Waals surface area (Å²) in [6.45, 7) is 0. The molecule has 0 N–H and O–H groups in total. The summed E-state index contributed by atoms with van der Waals surface area (Å²) in [4.78, 5) is 0. The van der Waals surface area contributed by atoms with Crippen LogP contribution in [0.4, 0.5) is 0 Å². The first-order valence-corrected chi connectivity index (χ1v) is 7.03. The van der Waals surface area contributed by atoms with Crippen molar-refractivity contribution in [2.45, 2.75) is 6.42 Å². The lowest BCUT2D eigenvalue weighted by Crippen LogP contribution is -1.77. The molecule has 0 bridgehead atoms. The molecule has 0 unspecified atom stereocenters. The second kappa shape index (κ2) is 6.69. The van der Waals surface area contributed by atoms with Crippen LogP contribution in [-0.2, 0) is 6.42 Å². The highest BCUT2D eigenvalue weighted by Crippen LogP contribution is 2.35. The minimum Gasteiger partial charge on any atom is -0.152 e. The molecule has 2 aromatic carbocycles. The van der Waals surface area contributed by atoms with Crippen molar-refractivity contribution >= 4 is 28.3 Å². The molecule has 0 amide bonds. The molecule has 0 spiro atoms. The maximum atomic E-state index is 2.22. The van der Waals surface area contributed by atoms with Gasteiger partial charge in [-0.05, 0) is 39.4 Å². The Bertz CT molecular complexity index is 569. The van der Waals surface area contributed by atoms with E-state index in [4.69, 9.17) is 0 Å². The first kappa shape index (κ1) is 14.0. The van der Waals surface area contributed by atoms with Crippen LogP contribution in [0.3, 0.4) is 0 Å². The lowest BCUT2D eigenvalue weighted by atomic mass is 10.1. The van der Waals surface area contributed by atoms with Gasteiger partial charge in [-0.25, -0.2) is 0 Å². The number of thiophene rings is 1. The molecule has 0 radical (unpaired) electrons. The van der Waals surface area contributed by atoms with E-state index < -0.39 is 0 Å². The first-order chi connectivity index (χ1) is 8.95. The zero-order valence-electron chi connectivity index (χ0n) is 10.5. The van der Waals surface area contributed by atoms with Crippen molar-refractivity contribution in [2.75, 3.05) is 0 Å². The van der Waals surface area contributed by atoms with E-state index in [9.17, 15) is 0 Å². The predicted molar refractivity (Wildman–Crippen MR) is 89.3 cm³/mol. The molecule has 4 rings (SSSR count). The molecule has 1 aliphatic rings. The van der Waals surface area contributed by atoms with Gasteiger partial charge in [0.2, 0.25) is 0 Å². The number of halogens is 1. The minimum absolute atomic E-state index is 0. The fourth-order valence-electron chi connectivity index (χ4n) is 2.31. The van der Waals surface area contributed by atoms with Crippen LogP contribution in [-0.4, -0.2) is 0 Å². The molecule has 0 saturated carbocycles. The molecule has 0 nitrogen and oxygen atoms in total. The molecule has 19 heavy (non-hydrogen) atoms. The average molecular weight is 331 g/mol. The smallest absolute Gasteiger partial charge is 0.00135 e. The Morgan fingerprint density at radius 2 is 1.11 bits per heavy atom. The van der Waals surface area contributed by atoms with Gasteiger partial charge >= 0.3 is 0 Å². The molecule has 0 atom stereocenters.